The van der Waals surface area contributed by atoms with Crippen LogP contribution in [0, 0.1) is 6.92 Å². The first kappa shape index (κ1) is 18.7. The number of nitrogens with zero attached hydrogens (tertiary/aromatic N) is 6. The third kappa shape index (κ3) is 3.98. The molecule has 4 rings (SSSR count). The van der Waals surface area contributed by atoms with Crippen LogP contribution in [0.1, 0.15) is 44.9 Å². The summed E-state index contributed by atoms with van der Waals surface area (Å²) in [5.74, 6) is 0.457. The lowest BCUT2D eigenvalue weighted by molar-refractivity contribution is 0.0592. The predicted molar refractivity (Wildman–Crippen MR) is 102 cm³/mol. The number of hydrogen-bond donors (Lipinski definition) is 0. The molecule has 9 heteroatoms. The molecule has 3 aromatic heterocycles. The van der Waals surface area contributed by atoms with Crippen molar-refractivity contribution in [3.8, 4) is 0 Å². The Morgan fingerprint density at radius 1 is 1.03 bits per heavy atom. The van der Waals surface area contributed by atoms with Gasteiger partial charge in [0.25, 0.3) is 17.7 Å². The number of amides is 2. The molecule has 1 saturated heterocycles. The van der Waals surface area contributed by atoms with Crippen LogP contribution in [0.2, 0.25) is 0 Å². The maximum atomic E-state index is 13.2. The highest BCUT2D eigenvalue weighted by Gasteiger charge is 2.35. The summed E-state index contributed by atoms with van der Waals surface area (Å²) in [4.78, 5) is 41.9. The van der Waals surface area contributed by atoms with Crippen molar-refractivity contribution < 1.29 is 14.1 Å². The maximum Gasteiger partial charge on any atom is 0.256 e. The molecule has 0 spiro atoms. The monoisotopic (exact) mass is 392 g/mol. The van der Waals surface area contributed by atoms with E-state index < -0.39 is 6.04 Å². The van der Waals surface area contributed by atoms with Crippen LogP contribution < -0.4 is 0 Å². The van der Waals surface area contributed by atoms with E-state index in [1.54, 1.807) is 53.4 Å². The summed E-state index contributed by atoms with van der Waals surface area (Å²) < 4.78 is 5.39. The van der Waals surface area contributed by atoms with Gasteiger partial charge < -0.3 is 14.3 Å². The second-order valence-electron chi connectivity index (χ2n) is 6.78. The third-order valence-corrected chi connectivity index (χ3v) is 4.79. The van der Waals surface area contributed by atoms with E-state index in [0.29, 0.717) is 42.4 Å². The van der Waals surface area contributed by atoms with Crippen molar-refractivity contribution in [2.75, 3.05) is 19.6 Å². The lowest BCUT2D eigenvalue weighted by atomic mass is 10.1. The fourth-order valence-corrected chi connectivity index (χ4v) is 3.40. The first-order chi connectivity index (χ1) is 14.1. The summed E-state index contributed by atoms with van der Waals surface area (Å²) in [6.45, 7) is 2.93. The molecule has 0 saturated carbocycles. The quantitative estimate of drug-likeness (QED) is 0.670. The molecule has 0 radical (unpaired) electrons. The molecule has 0 N–H and O–H groups in total. The fourth-order valence-electron chi connectivity index (χ4n) is 3.40. The lowest BCUT2D eigenvalue weighted by Crippen LogP contribution is -2.40. The van der Waals surface area contributed by atoms with Crippen molar-refractivity contribution in [3.63, 3.8) is 0 Å². The lowest BCUT2D eigenvalue weighted by Gasteiger charge is -2.29. The number of pyridine rings is 2. The summed E-state index contributed by atoms with van der Waals surface area (Å²) in [5.41, 5.74) is 0.973. The zero-order valence-electron chi connectivity index (χ0n) is 15.9. The van der Waals surface area contributed by atoms with Crippen molar-refractivity contribution in [2.24, 2.45) is 0 Å². The van der Waals surface area contributed by atoms with Gasteiger partial charge in [0.15, 0.2) is 5.82 Å². The van der Waals surface area contributed by atoms with Gasteiger partial charge >= 0.3 is 0 Å². The van der Waals surface area contributed by atoms with E-state index in [4.69, 9.17) is 4.52 Å². The van der Waals surface area contributed by atoms with Gasteiger partial charge in [0.2, 0.25) is 0 Å². The summed E-state index contributed by atoms with van der Waals surface area (Å²) in [5, 5.41) is 3.87. The smallest absolute Gasteiger partial charge is 0.256 e. The van der Waals surface area contributed by atoms with E-state index in [1.807, 2.05) is 0 Å². The SMILES string of the molecule is Cc1noc(C2CN(C(=O)c3cccnc3)CCCN2C(=O)c2cccnc2)n1. The van der Waals surface area contributed by atoms with Crippen LogP contribution in [0.15, 0.2) is 53.6 Å². The summed E-state index contributed by atoms with van der Waals surface area (Å²) >= 11 is 0. The zero-order valence-corrected chi connectivity index (χ0v) is 15.9. The molecular weight excluding hydrogens is 372 g/mol. The minimum Gasteiger partial charge on any atom is -0.337 e. The van der Waals surface area contributed by atoms with E-state index >= 15 is 0 Å². The standard InChI is InChI=1S/C20H20N6O3/c1-14-23-18(29-24-14)17-13-25(19(27)15-5-2-7-21-11-15)9-4-10-26(17)20(28)16-6-3-8-22-12-16/h2-3,5-8,11-12,17H,4,9-10,13H2,1H3. The molecule has 0 bridgehead atoms. The summed E-state index contributed by atoms with van der Waals surface area (Å²) in [7, 11) is 0. The van der Waals surface area contributed by atoms with Crippen LogP contribution in [0.4, 0.5) is 0 Å². The van der Waals surface area contributed by atoms with Crippen LogP contribution in [0.25, 0.3) is 0 Å². The zero-order chi connectivity index (χ0) is 20.2. The van der Waals surface area contributed by atoms with Crippen LogP contribution >= 0.6 is 0 Å². The first-order valence-electron chi connectivity index (χ1n) is 9.34. The predicted octanol–water partition coefficient (Wildman–Crippen LogP) is 1.90. The number of aromatic nitrogens is 4. The highest BCUT2D eigenvalue weighted by molar-refractivity contribution is 5.95. The van der Waals surface area contributed by atoms with Crippen LogP contribution in [0.3, 0.4) is 0 Å². The first-order valence-corrected chi connectivity index (χ1v) is 9.34. The molecule has 1 fully saturated rings. The van der Waals surface area contributed by atoms with Gasteiger partial charge in [-0.2, -0.15) is 4.98 Å². The van der Waals surface area contributed by atoms with Crippen LogP contribution in [-0.2, 0) is 0 Å². The number of rotatable bonds is 3. The Bertz CT molecular complexity index is 992. The third-order valence-electron chi connectivity index (χ3n) is 4.79. The molecule has 1 aliphatic rings. The molecule has 4 heterocycles. The summed E-state index contributed by atoms with van der Waals surface area (Å²) in [6.07, 6.45) is 6.94. The molecule has 148 valence electrons. The van der Waals surface area contributed by atoms with Crippen molar-refractivity contribution in [1.29, 1.82) is 0 Å². The Hall–Kier alpha value is -3.62. The molecule has 1 unspecified atom stereocenters. The average molecular weight is 392 g/mol. The van der Waals surface area contributed by atoms with Gasteiger partial charge in [-0.05, 0) is 37.6 Å². The molecule has 29 heavy (non-hydrogen) atoms. The highest BCUT2D eigenvalue weighted by Crippen LogP contribution is 2.26. The van der Waals surface area contributed by atoms with Gasteiger partial charge in [-0.3, -0.25) is 19.6 Å². The molecule has 1 atom stereocenters. The number of aryl methyl sites for hydroxylation is 1. The summed E-state index contributed by atoms with van der Waals surface area (Å²) in [6, 6.07) is 6.34. The normalized spacial score (nSPS) is 17.1. The van der Waals surface area contributed by atoms with Gasteiger partial charge in [-0.15, -0.1) is 0 Å². The minimum absolute atomic E-state index is 0.144. The molecule has 3 aromatic rings. The largest absolute Gasteiger partial charge is 0.337 e. The number of carbonyl (C=O) groups excluding carboxylic acids is 2. The van der Waals surface area contributed by atoms with Crippen LogP contribution in [0.5, 0.6) is 0 Å². The minimum atomic E-state index is -0.549. The molecule has 2 amide bonds. The topological polar surface area (TPSA) is 105 Å². The molecule has 0 aliphatic carbocycles. The Morgan fingerprint density at radius 2 is 1.72 bits per heavy atom. The molecule has 1 aliphatic heterocycles. The van der Waals surface area contributed by atoms with E-state index in [2.05, 4.69) is 20.1 Å². The van der Waals surface area contributed by atoms with Gasteiger partial charge in [-0.1, -0.05) is 5.16 Å². The van der Waals surface area contributed by atoms with Crippen molar-refractivity contribution in [2.45, 2.75) is 19.4 Å². The number of hydrogen-bond acceptors (Lipinski definition) is 7. The molecule has 0 aromatic carbocycles. The van der Waals surface area contributed by atoms with E-state index in [9.17, 15) is 9.59 Å². The highest BCUT2D eigenvalue weighted by atomic mass is 16.5. The maximum absolute atomic E-state index is 13.2. The Kier molecular flexibility index (Phi) is 5.28. The van der Waals surface area contributed by atoms with Gasteiger partial charge in [0.1, 0.15) is 6.04 Å². The van der Waals surface area contributed by atoms with Gasteiger partial charge in [-0.25, -0.2) is 0 Å². The van der Waals surface area contributed by atoms with Gasteiger partial charge in [0.05, 0.1) is 17.7 Å². The number of carbonyl (C=O) groups is 2. The van der Waals surface area contributed by atoms with E-state index in [0.717, 1.165) is 0 Å². The second-order valence-corrected chi connectivity index (χ2v) is 6.78. The van der Waals surface area contributed by atoms with E-state index in [-0.39, 0.29) is 18.4 Å². The van der Waals surface area contributed by atoms with Crippen molar-refractivity contribution >= 4 is 11.8 Å². The Morgan fingerprint density at radius 3 is 2.31 bits per heavy atom. The molecule has 9 nitrogen and oxygen atoms in total. The fraction of sp³-hybridized carbons (Fsp3) is 0.300. The van der Waals surface area contributed by atoms with Gasteiger partial charge in [0, 0.05) is 37.9 Å². The van der Waals surface area contributed by atoms with Crippen molar-refractivity contribution in [1.82, 2.24) is 29.9 Å². The second kappa shape index (κ2) is 8.17. The Labute approximate surface area is 167 Å². The van der Waals surface area contributed by atoms with Crippen LogP contribution in [-0.4, -0.2) is 61.4 Å². The molecular formula is C20H20N6O3. The average Bonchev–Trinajstić information content (AvgIpc) is 3.07. The Balaban J connectivity index is 1.66. The van der Waals surface area contributed by atoms with E-state index in [1.165, 1.54) is 12.4 Å². The van der Waals surface area contributed by atoms with Crippen molar-refractivity contribution in [3.05, 3.63) is 71.9 Å².